The van der Waals surface area contributed by atoms with Crippen molar-refractivity contribution in [1.29, 1.82) is 0 Å². The number of nitrogens with one attached hydrogen (secondary N) is 1. The van der Waals surface area contributed by atoms with Crippen molar-refractivity contribution in [3.05, 3.63) is 54.2 Å². The van der Waals surface area contributed by atoms with E-state index in [-0.39, 0.29) is 10.7 Å². The molecule has 3 rings (SSSR count). The lowest BCUT2D eigenvalue weighted by molar-refractivity contribution is 0.601. The number of hydrogen-bond donors (Lipinski definition) is 2. The maximum atomic E-state index is 12.4. The molecule has 112 valence electrons. The lowest BCUT2D eigenvalue weighted by Crippen LogP contribution is -2.15. The molecular formula is C15H14N4O2S. The molecule has 0 aliphatic carbocycles. The number of fused-ring (bicyclic) bond motifs is 1. The van der Waals surface area contributed by atoms with Crippen LogP contribution in [-0.4, -0.2) is 18.6 Å². The first-order valence-corrected chi connectivity index (χ1v) is 8.06. The van der Waals surface area contributed by atoms with E-state index in [0.29, 0.717) is 11.1 Å². The van der Waals surface area contributed by atoms with Gasteiger partial charge in [0.15, 0.2) is 5.82 Å². The summed E-state index contributed by atoms with van der Waals surface area (Å²) in [6, 6.07) is 13.3. The number of anilines is 2. The van der Waals surface area contributed by atoms with Crippen molar-refractivity contribution in [2.75, 3.05) is 10.5 Å². The van der Waals surface area contributed by atoms with Crippen LogP contribution in [0, 0.1) is 6.92 Å². The number of nitrogens with two attached hydrogens (primary N) is 1. The van der Waals surface area contributed by atoms with Gasteiger partial charge in [0.1, 0.15) is 0 Å². The average Bonchev–Trinajstić information content (AvgIpc) is 2.51. The Morgan fingerprint density at radius 3 is 2.27 bits per heavy atom. The van der Waals surface area contributed by atoms with E-state index in [1.54, 1.807) is 6.07 Å². The molecular weight excluding hydrogens is 300 g/mol. The molecule has 3 N–H and O–H groups in total. The van der Waals surface area contributed by atoms with E-state index in [0.717, 1.165) is 11.1 Å². The largest absolute Gasteiger partial charge is 0.399 e. The van der Waals surface area contributed by atoms with Crippen LogP contribution in [0.4, 0.5) is 11.5 Å². The van der Waals surface area contributed by atoms with E-state index in [2.05, 4.69) is 14.9 Å². The van der Waals surface area contributed by atoms with E-state index in [9.17, 15) is 8.42 Å². The van der Waals surface area contributed by atoms with Crippen molar-refractivity contribution < 1.29 is 8.42 Å². The van der Waals surface area contributed by atoms with Crippen LogP contribution in [0.2, 0.25) is 0 Å². The van der Waals surface area contributed by atoms with Crippen LogP contribution in [0.15, 0.2) is 53.4 Å². The summed E-state index contributed by atoms with van der Waals surface area (Å²) in [5, 5.41) is 9.53. The van der Waals surface area contributed by atoms with Crippen molar-refractivity contribution in [3.63, 3.8) is 0 Å². The summed E-state index contributed by atoms with van der Waals surface area (Å²) < 4.78 is 27.3. The third kappa shape index (κ3) is 2.58. The Morgan fingerprint density at radius 1 is 0.955 bits per heavy atom. The molecule has 0 fully saturated rings. The summed E-state index contributed by atoms with van der Waals surface area (Å²) in [7, 11) is -3.74. The molecule has 0 atom stereocenters. The SMILES string of the molecule is Cc1nnc(NS(=O)(=O)c2ccc(N)cc2)c2ccccc12. The Balaban J connectivity index is 2.06. The molecule has 6 nitrogen and oxygen atoms in total. The minimum atomic E-state index is -3.74. The van der Waals surface area contributed by atoms with Crippen molar-refractivity contribution in [1.82, 2.24) is 10.2 Å². The first-order valence-electron chi connectivity index (χ1n) is 6.58. The Hall–Kier alpha value is -2.67. The van der Waals surface area contributed by atoms with Gasteiger partial charge >= 0.3 is 0 Å². The monoisotopic (exact) mass is 314 g/mol. The van der Waals surface area contributed by atoms with Gasteiger partial charge < -0.3 is 5.73 Å². The first kappa shape index (κ1) is 14.3. The van der Waals surface area contributed by atoms with Crippen LogP contribution >= 0.6 is 0 Å². The second kappa shape index (κ2) is 5.27. The molecule has 1 aromatic heterocycles. The van der Waals surface area contributed by atoms with Gasteiger partial charge in [-0.25, -0.2) is 8.42 Å². The van der Waals surface area contributed by atoms with Gasteiger partial charge in [-0.2, -0.15) is 5.10 Å². The highest BCUT2D eigenvalue weighted by Gasteiger charge is 2.17. The second-order valence-electron chi connectivity index (χ2n) is 4.85. The number of benzene rings is 2. The molecule has 0 bridgehead atoms. The number of sulfonamides is 1. The van der Waals surface area contributed by atoms with Gasteiger partial charge in [0.2, 0.25) is 0 Å². The van der Waals surface area contributed by atoms with E-state index in [1.807, 2.05) is 25.1 Å². The molecule has 3 aromatic rings. The minimum Gasteiger partial charge on any atom is -0.399 e. The van der Waals surface area contributed by atoms with E-state index in [4.69, 9.17) is 5.73 Å². The van der Waals surface area contributed by atoms with Crippen molar-refractivity contribution >= 4 is 32.3 Å². The highest BCUT2D eigenvalue weighted by atomic mass is 32.2. The average molecular weight is 314 g/mol. The number of rotatable bonds is 3. The van der Waals surface area contributed by atoms with Crippen LogP contribution in [0.5, 0.6) is 0 Å². The van der Waals surface area contributed by atoms with Gasteiger partial charge in [-0.05, 0) is 31.2 Å². The number of nitrogens with zero attached hydrogens (tertiary/aromatic N) is 2. The summed E-state index contributed by atoms with van der Waals surface area (Å²) in [5.74, 6) is 0.207. The molecule has 0 aliphatic rings. The molecule has 1 heterocycles. The van der Waals surface area contributed by atoms with Gasteiger partial charge in [-0.1, -0.05) is 24.3 Å². The molecule has 0 saturated heterocycles. The molecule has 0 aliphatic heterocycles. The third-order valence-electron chi connectivity index (χ3n) is 3.29. The van der Waals surface area contributed by atoms with Crippen molar-refractivity contribution in [2.45, 2.75) is 11.8 Å². The van der Waals surface area contributed by atoms with E-state index < -0.39 is 10.0 Å². The summed E-state index contributed by atoms with van der Waals surface area (Å²) in [4.78, 5) is 0.119. The lowest BCUT2D eigenvalue weighted by Gasteiger charge is -2.10. The Kier molecular flexibility index (Phi) is 3.42. The highest BCUT2D eigenvalue weighted by Crippen LogP contribution is 2.24. The molecule has 0 saturated carbocycles. The second-order valence-corrected chi connectivity index (χ2v) is 6.54. The molecule has 0 radical (unpaired) electrons. The molecule has 7 heteroatoms. The summed E-state index contributed by atoms with van der Waals surface area (Å²) in [5.41, 5.74) is 6.82. The fourth-order valence-corrected chi connectivity index (χ4v) is 3.16. The molecule has 0 amide bonds. The fourth-order valence-electron chi connectivity index (χ4n) is 2.15. The summed E-state index contributed by atoms with van der Waals surface area (Å²) >= 11 is 0. The lowest BCUT2D eigenvalue weighted by atomic mass is 10.1. The predicted octanol–water partition coefficient (Wildman–Crippen LogP) is 2.32. The van der Waals surface area contributed by atoms with Gasteiger partial charge in [-0.15, -0.1) is 5.10 Å². The van der Waals surface area contributed by atoms with E-state index in [1.165, 1.54) is 24.3 Å². The molecule has 2 aromatic carbocycles. The highest BCUT2D eigenvalue weighted by molar-refractivity contribution is 7.92. The number of aromatic nitrogens is 2. The van der Waals surface area contributed by atoms with Crippen LogP contribution < -0.4 is 10.5 Å². The fraction of sp³-hybridized carbons (Fsp3) is 0.0667. The van der Waals surface area contributed by atoms with Crippen LogP contribution in [0.25, 0.3) is 10.8 Å². The third-order valence-corrected chi connectivity index (χ3v) is 4.65. The quantitative estimate of drug-likeness (QED) is 0.723. The topological polar surface area (TPSA) is 98.0 Å². The number of aryl methyl sites for hydroxylation is 1. The van der Waals surface area contributed by atoms with Crippen LogP contribution in [0.1, 0.15) is 5.69 Å². The number of hydrogen-bond acceptors (Lipinski definition) is 5. The predicted molar refractivity (Wildman–Crippen MR) is 85.9 cm³/mol. The standard InChI is InChI=1S/C15H14N4O2S/c1-10-13-4-2-3-5-14(13)15(18-17-10)19-22(20,21)12-8-6-11(16)7-9-12/h2-9H,16H2,1H3,(H,18,19). The zero-order valence-electron chi connectivity index (χ0n) is 11.8. The van der Waals surface area contributed by atoms with Gasteiger partial charge in [0.05, 0.1) is 10.6 Å². The van der Waals surface area contributed by atoms with Gasteiger partial charge in [0, 0.05) is 16.5 Å². The zero-order valence-corrected chi connectivity index (χ0v) is 12.6. The van der Waals surface area contributed by atoms with Crippen LogP contribution in [-0.2, 0) is 10.0 Å². The zero-order chi connectivity index (χ0) is 15.7. The van der Waals surface area contributed by atoms with Crippen molar-refractivity contribution in [2.24, 2.45) is 0 Å². The molecule has 22 heavy (non-hydrogen) atoms. The maximum absolute atomic E-state index is 12.4. The van der Waals surface area contributed by atoms with E-state index >= 15 is 0 Å². The molecule has 0 unspecified atom stereocenters. The number of nitrogen functional groups attached to an aromatic ring is 1. The maximum Gasteiger partial charge on any atom is 0.263 e. The Labute approximate surface area is 128 Å². The minimum absolute atomic E-state index is 0.119. The smallest absolute Gasteiger partial charge is 0.263 e. The van der Waals surface area contributed by atoms with Crippen LogP contribution in [0.3, 0.4) is 0 Å². The first-order chi connectivity index (χ1) is 10.5. The normalized spacial score (nSPS) is 11.5. The van der Waals surface area contributed by atoms with Crippen molar-refractivity contribution in [3.8, 4) is 0 Å². The Bertz CT molecular complexity index is 937. The van der Waals surface area contributed by atoms with Gasteiger partial charge in [0.25, 0.3) is 10.0 Å². The summed E-state index contributed by atoms with van der Waals surface area (Å²) in [6.45, 7) is 1.83. The van der Waals surface area contributed by atoms with Gasteiger partial charge in [-0.3, -0.25) is 4.72 Å². The molecule has 0 spiro atoms. The summed E-state index contributed by atoms with van der Waals surface area (Å²) in [6.07, 6.45) is 0. The Morgan fingerprint density at radius 2 is 1.59 bits per heavy atom.